The molecule has 102 valence electrons. The largest absolute Gasteiger partial charge is 0.335 e. The zero-order valence-corrected chi connectivity index (χ0v) is 11.3. The van der Waals surface area contributed by atoms with Crippen LogP contribution in [-0.4, -0.2) is 19.5 Å². The minimum atomic E-state index is -0.870. The van der Waals surface area contributed by atoms with Gasteiger partial charge in [0.25, 0.3) is 0 Å². The molecule has 0 saturated heterocycles. The van der Waals surface area contributed by atoms with E-state index in [1.165, 1.54) is 6.33 Å². The zero-order chi connectivity index (χ0) is 14.5. The second-order valence-electron chi connectivity index (χ2n) is 4.71. The zero-order valence-electron chi connectivity index (χ0n) is 11.3. The number of nitrogens with zero attached hydrogens (tertiary/aromatic N) is 5. The molecule has 0 aliphatic carbocycles. The van der Waals surface area contributed by atoms with Gasteiger partial charge in [-0.3, -0.25) is 0 Å². The quantitative estimate of drug-likeness (QED) is 0.732. The molecule has 1 atom stereocenters. The average Bonchev–Trinajstić information content (AvgIpc) is 3.07. The molecule has 1 aromatic carbocycles. The van der Waals surface area contributed by atoms with Crippen molar-refractivity contribution in [2.24, 2.45) is 0 Å². The minimum absolute atomic E-state index is 0.449. The molecule has 5 nitrogen and oxygen atoms in total. The van der Waals surface area contributed by atoms with Crippen LogP contribution < -0.4 is 0 Å². The third-order valence-corrected chi connectivity index (χ3v) is 3.46. The lowest BCUT2D eigenvalue weighted by Gasteiger charge is -2.26. The second-order valence-corrected chi connectivity index (χ2v) is 4.71. The van der Waals surface area contributed by atoms with Gasteiger partial charge in [0.05, 0.1) is 24.6 Å². The van der Waals surface area contributed by atoms with E-state index in [1.807, 2.05) is 41.1 Å². The van der Waals surface area contributed by atoms with Crippen LogP contribution in [0.1, 0.15) is 11.3 Å². The van der Waals surface area contributed by atoms with Gasteiger partial charge in [0, 0.05) is 18.6 Å². The van der Waals surface area contributed by atoms with Gasteiger partial charge in [0.2, 0.25) is 0 Å². The molecule has 5 heteroatoms. The molecule has 0 spiro atoms. The number of rotatable bonds is 4. The second kappa shape index (κ2) is 5.55. The first-order chi connectivity index (χ1) is 10.3. The highest BCUT2D eigenvalue weighted by Gasteiger charge is 2.36. The number of nitriles is 1. The van der Waals surface area contributed by atoms with Crippen LogP contribution in [0.25, 0.3) is 0 Å². The van der Waals surface area contributed by atoms with Crippen LogP contribution in [0.2, 0.25) is 0 Å². The van der Waals surface area contributed by atoms with Gasteiger partial charge in [0.15, 0.2) is 0 Å². The fourth-order valence-electron chi connectivity index (χ4n) is 2.40. The van der Waals surface area contributed by atoms with E-state index < -0.39 is 5.41 Å². The summed E-state index contributed by atoms with van der Waals surface area (Å²) in [6, 6.07) is 13.9. The number of hydrogen-bond acceptors (Lipinski definition) is 4. The maximum absolute atomic E-state index is 9.94. The van der Waals surface area contributed by atoms with Crippen molar-refractivity contribution in [1.82, 2.24) is 19.5 Å². The number of hydrogen-bond donors (Lipinski definition) is 0. The smallest absolute Gasteiger partial charge is 0.142 e. The Hall–Kier alpha value is -3.00. The summed E-state index contributed by atoms with van der Waals surface area (Å²) in [6.07, 6.45) is 8.38. The normalized spacial score (nSPS) is 13.3. The van der Waals surface area contributed by atoms with Crippen molar-refractivity contribution in [2.45, 2.75) is 12.0 Å². The molecule has 1 unspecified atom stereocenters. The Morgan fingerprint density at radius 3 is 2.57 bits per heavy atom. The maximum Gasteiger partial charge on any atom is 0.142 e. The lowest BCUT2D eigenvalue weighted by molar-refractivity contribution is 0.515. The third-order valence-electron chi connectivity index (χ3n) is 3.46. The summed E-state index contributed by atoms with van der Waals surface area (Å²) >= 11 is 0. The molecule has 3 aromatic rings. The van der Waals surface area contributed by atoms with Gasteiger partial charge >= 0.3 is 0 Å². The van der Waals surface area contributed by atoms with E-state index in [4.69, 9.17) is 0 Å². The molecular weight excluding hydrogens is 262 g/mol. The van der Waals surface area contributed by atoms with E-state index in [1.54, 1.807) is 24.8 Å². The summed E-state index contributed by atoms with van der Waals surface area (Å²) in [6.45, 7) is 0.449. The van der Waals surface area contributed by atoms with Gasteiger partial charge in [-0.05, 0) is 11.6 Å². The van der Waals surface area contributed by atoms with Gasteiger partial charge < -0.3 is 4.57 Å². The fourth-order valence-corrected chi connectivity index (χ4v) is 2.40. The van der Waals surface area contributed by atoms with Crippen molar-refractivity contribution in [3.05, 3.63) is 78.9 Å². The van der Waals surface area contributed by atoms with Crippen LogP contribution in [0, 0.1) is 11.3 Å². The Morgan fingerprint density at radius 2 is 1.95 bits per heavy atom. The fraction of sp³-hybridized carbons (Fsp3) is 0.125. The lowest BCUT2D eigenvalue weighted by atomic mass is 9.78. The summed E-state index contributed by atoms with van der Waals surface area (Å²) in [5.74, 6) is 0. The first-order valence-corrected chi connectivity index (χ1v) is 6.54. The maximum atomic E-state index is 9.94. The van der Waals surface area contributed by atoms with Gasteiger partial charge in [-0.1, -0.05) is 30.3 Å². The molecular formula is C16H13N5. The highest BCUT2D eigenvalue weighted by molar-refractivity contribution is 5.42. The lowest BCUT2D eigenvalue weighted by Crippen LogP contribution is -2.32. The molecule has 0 aliphatic heterocycles. The molecule has 2 heterocycles. The van der Waals surface area contributed by atoms with Crippen LogP contribution in [0.4, 0.5) is 0 Å². The van der Waals surface area contributed by atoms with E-state index in [0.717, 1.165) is 5.56 Å². The Morgan fingerprint density at radius 1 is 1.10 bits per heavy atom. The van der Waals surface area contributed by atoms with E-state index in [-0.39, 0.29) is 0 Å². The Balaban J connectivity index is 2.16. The number of imidazole rings is 1. The monoisotopic (exact) mass is 275 g/mol. The minimum Gasteiger partial charge on any atom is -0.335 e. The van der Waals surface area contributed by atoms with Crippen LogP contribution >= 0.6 is 0 Å². The predicted molar refractivity (Wildman–Crippen MR) is 77.1 cm³/mol. The molecule has 2 aromatic heterocycles. The molecule has 0 amide bonds. The predicted octanol–water partition coefficient (Wildman–Crippen LogP) is 2.18. The summed E-state index contributed by atoms with van der Waals surface area (Å²) in [5, 5.41) is 9.94. The van der Waals surface area contributed by atoms with E-state index in [0.29, 0.717) is 12.2 Å². The van der Waals surface area contributed by atoms with Crippen molar-refractivity contribution < 1.29 is 0 Å². The van der Waals surface area contributed by atoms with Gasteiger partial charge in [-0.25, -0.2) is 15.0 Å². The third kappa shape index (κ3) is 2.39. The molecule has 0 radical (unpaired) electrons. The molecule has 0 bridgehead atoms. The standard InChI is InChI=1S/C16H13N5/c17-10-16(11-21-9-8-19-13-21,14-4-2-1-3-5-14)15-6-7-18-12-20-15/h1-9,12-13H,11H2. The Bertz CT molecular complexity index is 690. The summed E-state index contributed by atoms with van der Waals surface area (Å²) in [5.41, 5.74) is 0.713. The van der Waals surface area contributed by atoms with Crippen molar-refractivity contribution in [1.29, 1.82) is 5.26 Å². The van der Waals surface area contributed by atoms with Crippen LogP contribution in [0.3, 0.4) is 0 Å². The molecule has 21 heavy (non-hydrogen) atoms. The van der Waals surface area contributed by atoms with Gasteiger partial charge in [0.1, 0.15) is 11.7 Å². The van der Waals surface area contributed by atoms with E-state index in [2.05, 4.69) is 21.0 Å². The molecule has 0 saturated carbocycles. The Kier molecular flexibility index (Phi) is 3.44. The average molecular weight is 275 g/mol. The van der Waals surface area contributed by atoms with Gasteiger partial charge in [-0.2, -0.15) is 5.26 Å². The van der Waals surface area contributed by atoms with Crippen LogP contribution in [-0.2, 0) is 12.0 Å². The topological polar surface area (TPSA) is 67.4 Å². The summed E-state index contributed by atoms with van der Waals surface area (Å²) < 4.78 is 1.89. The number of aromatic nitrogens is 4. The SMILES string of the molecule is N#CC(Cn1ccnc1)(c1ccccc1)c1ccncn1. The van der Waals surface area contributed by atoms with Crippen molar-refractivity contribution in [3.63, 3.8) is 0 Å². The van der Waals surface area contributed by atoms with E-state index >= 15 is 0 Å². The summed E-state index contributed by atoms with van der Waals surface area (Å²) in [4.78, 5) is 12.3. The molecule has 0 fully saturated rings. The van der Waals surface area contributed by atoms with Gasteiger partial charge in [-0.15, -0.1) is 0 Å². The molecule has 3 rings (SSSR count). The van der Waals surface area contributed by atoms with Crippen molar-refractivity contribution in [3.8, 4) is 6.07 Å². The van der Waals surface area contributed by atoms with Crippen LogP contribution in [0.5, 0.6) is 0 Å². The van der Waals surface area contributed by atoms with Crippen molar-refractivity contribution >= 4 is 0 Å². The highest BCUT2D eigenvalue weighted by atomic mass is 15.0. The Labute approximate surface area is 122 Å². The highest BCUT2D eigenvalue weighted by Crippen LogP contribution is 2.32. The first kappa shape index (κ1) is 13.0. The first-order valence-electron chi connectivity index (χ1n) is 6.54. The summed E-state index contributed by atoms with van der Waals surface area (Å²) in [7, 11) is 0. The van der Waals surface area contributed by atoms with Crippen LogP contribution in [0.15, 0.2) is 67.6 Å². The van der Waals surface area contributed by atoms with Crippen molar-refractivity contribution in [2.75, 3.05) is 0 Å². The molecule has 0 aliphatic rings. The van der Waals surface area contributed by atoms with E-state index in [9.17, 15) is 5.26 Å². The number of benzene rings is 1. The molecule has 0 N–H and O–H groups in total.